The molecular formula is C13H11F3N2OS. The molecule has 0 saturated carbocycles. The summed E-state index contributed by atoms with van der Waals surface area (Å²) in [5.41, 5.74) is 4.81. The zero-order valence-corrected chi connectivity index (χ0v) is 11.0. The number of thiazole rings is 1. The number of carbonyl (C=O) groups is 1. The summed E-state index contributed by atoms with van der Waals surface area (Å²) in [6.45, 7) is 0. The van der Waals surface area contributed by atoms with E-state index in [9.17, 15) is 18.0 Å². The molecule has 0 aliphatic rings. The molecule has 1 amide bonds. The molecule has 0 saturated heterocycles. The Hall–Kier alpha value is -1.89. The third-order valence-electron chi connectivity index (χ3n) is 2.77. The lowest BCUT2D eigenvalue weighted by Gasteiger charge is -2.15. The lowest BCUT2D eigenvalue weighted by molar-refractivity contribution is -0.137. The van der Waals surface area contributed by atoms with Gasteiger partial charge in [-0.15, -0.1) is 11.3 Å². The number of primary amides is 1. The molecule has 1 heterocycles. The van der Waals surface area contributed by atoms with Gasteiger partial charge in [-0.3, -0.25) is 4.79 Å². The molecule has 0 aliphatic carbocycles. The third-order valence-corrected chi connectivity index (χ3v) is 3.66. The third kappa shape index (κ3) is 3.36. The van der Waals surface area contributed by atoms with Crippen LogP contribution in [0.4, 0.5) is 13.2 Å². The molecule has 2 N–H and O–H groups in total. The number of hydrogen-bond donors (Lipinski definition) is 1. The number of alkyl halides is 3. The number of nitrogens with two attached hydrogens (primary N) is 1. The Morgan fingerprint density at radius 1 is 1.40 bits per heavy atom. The van der Waals surface area contributed by atoms with Gasteiger partial charge < -0.3 is 5.73 Å². The highest BCUT2D eigenvalue weighted by atomic mass is 32.1. The van der Waals surface area contributed by atoms with E-state index in [2.05, 4.69) is 4.98 Å². The van der Waals surface area contributed by atoms with Crippen LogP contribution in [0.2, 0.25) is 0 Å². The largest absolute Gasteiger partial charge is 0.416 e. The summed E-state index contributed by atoms with van der Waals surface area (Å²) < 4.78 is 38.2. The summed E-state index contributed by atoms with van der Waals surface area (Å²) in [5.74, 6) is -1.13. The lowest BCUT2D eigenvalue weighted by Crippen LogP contribution is -2.16. The second kappa shape index (κ2) is 5.62. The van der Waals surface area contributed by atoms with E-state index < -0.39 is 23.6 Å². The Morgan fingerprint density at radius 2 is 2.15 bits per heavy atom. The number of benzene rings is 1. The fourth-order valence-corrected chi connectivity index (χ4v) is 2.65. The molecule has 2 aromatic rings. The molecule has 20 heavy (non-hydrogen) atoms. The zero-order valence-electron chi connectivity index (χ0n) is 10.2. The van der Waals surface area contributed by atoms with E-state index >= 15 is 0 Å². The first-order valence-corrected chi connectivity index (χ1v) is 6.60. The molecular weight excluding hydrogens is 289 g/mol. The predicted octanol–water partition coefficient (Wildman–Crippen LogP) is 3.17. The van der Waals surface area contributed by atoms with Gasteiger partial charge in [-0.25, -0.2) is 4.98 Å². The van der Waals surface area contributed by atoms with Crippen molar-refractivity contribution in [1.82, 2.24) is 4.98 Å². The normalized spacial score (nSPS) is 13.2. The van der Waals surface area contributed by atoms with Gasteiger partial charge in [0.15, 0.2) is 0 Å². The van der Waals surface area contributed by atoms with Gasteiger partial charge in [0.05, 0.1) is 5.56 Å². The minimum atomic E-state index is -4.42. The van der Waals surface area contributed by atoms with Crippen molar-refractivity contribution in [3.8, 4) is 0 Å². The Morgan fingerprint density at radius 3 is 2.70 bits per heavy atom. The van der Waals surface area contributed by atoms with Gasteiger partial charge in [-0.1, -0.05) is 18.2 Å². The van der Waals surface area contributed by atoms with Crippen molar-refractivity contribution in [1.29, 1.82) is 0 Å². The summed E-state index contributed by atoms with van der Waals surface area (Å²) in [7, 11) is 0. The quantitative estimate of drug-likeness (QED) is 0.943. The van der Waals surface area contributed by atoms with Crippen molar-refractivity contribution in [3.63, 3.8) is 0 Å². The fraction of sp³-hybridized carbons (Fsp3) is 0.231. The monoisotopic (exact) mass is 300 g/mol. The molecule has 7 heteroatoms. The van der Waals surface area contributed by atoms with Gasteiger partial charge in [0.1, 0.15) is 5.01 Å². The summed E-state index contributed by atoms with van der Waals surface area (Å²) in [5, 5.41) is 2.28. The van der Waals surface area contributed by atoms with Crippen LogP contribution in [0, 0.1) is 0 Å². The molecule has 1 aromatic heterocycles. The smallest absolute Gasteiger partial charge is 0.370 e. The summed E-state index contributed by atoms with van der Waals surface area (Å²) in [6, 6.07) is 4.89. The number of carbonyl (C=O) groups excluding carboxylic acids is 1. The van der Waals surface area contributed by atoms with Crippen LogP contribution >= 0.6 is 11.3 Å². The summed E-state index contributed by atoms with van der Waals surface area (Å²) >= 11 is 1.28. The van der Waals surface area contributed by atoms with Crippen LogP contribution in [0.15, 0.2) is 35.8 Å². The van der Waals surface area contributed by atoms with Crippen LogP contribution in [0.3, 0.4) is 0 Å². The minimum Gasteiger partial charge on any atom is -0.370 e. The Labute approximate surface area is 117 Å². The molecule has 0 spiro atoms. The molecule has 0 bridgehead atoms. The van der Waals surface area contributed by atoms with Crippen molar-refractivity contribution in [3.05, 3.63) is 52.0 Å². The van der Waals surface area contributed by atoms with Gasteiger partial charge in [0.2, 0.25) is 5.91 Å². The van der Waals surface area contributed by atoms with Crippen molar-refractivity contribution in [2.24, 2.45) is 5.73 Å². The van der Waals surface area contributed by atoms with E-state index in [4.69, 9.17) is 5.73 Å². The van der Waals surface area contributed by atoms with Crippen LogP contribution in [0.1, 0.15) is 28.5 Å². The van der Waals surface area contributed by atoms with Crippen molar-refractivity contribution < 1.29 is 18.0 Å². The van der Waals surface area contributed by atoms with Gasteiger partial charge in [0, 0.05) is 23.9 Å². The van der Waals surface area contributed by atoms with Crippen LogP contribution < -0.4 is 5.73 Å². The van der Waals surface area contributed by atoms with Crippen molar-refractivity contribution in [2.75, 3.05) is 0 Å². The van der Waals surface area contributed by atoms with E-state index in [1.807, 2.05) is 0 Å². The Balaban J connectivity index is 2.41. The maximum Gasteiger partial charge on any atom is 0.416 e. The highest BCUT2D eigenvalue weighted by molar-refractivity contribution is 7.09. The number of nitrogens with zero attached hydrogens (tertiary/aromatic N) is 1. The first-order valence-electron chi connectivity index (χ1n) is 5.73. The maximum absolute atomic E-state index is 12.7. The van der Waals surface area contributed by atoms with Crippen LogP contribution in [0.25, 0.3) is 0 Å². The molecule has 0 fully saturated rings. The van der Waals surface area contributed by atoms with Crippen LogP contribution in [-0.4, -0.2) is 10.9 Å². The second-order valence-corrected chi connectivity index (χ2v) is 5.14. The molecule has 0 aliphatic heterocycles. The van der Waals surface area contributed by atoms with E-state index in [0.29, 0.717) is 10.6 Å². The molecule has 1 aromatic carbocycles. The van der Waals surface area contributed by atoms with Crippen LogP contribution in [0.5, 0.6) is 0 Å². The summed E-state index contributed by atoms with van der Waals surface area (Å²) in [4.78, 5) is 15.2. The maximum atomic E-state index is 12.7. The number of amides is 1. The number of hydrogen-bond acceptors (Lipinski definition) is 3. The topological polar surface area (TPSA) is 56.0 Å². The van der Waals surface area contributed by atoms with Crippen LogP contribution in [-0.2, 0) is 11.0 Å². The van der Waals surface area contributed by atoms with E-state index in [1.165, 1.54) is 17.4 Å². The molecule has 1 atom stereocenters. The van der Waals surface area contributed by atoms with E-state index in [1.54, 1.807) is 17.6 Å². The van der Waals surface area contributed by atoms with Gasteiger partial charge >= 0.3 is 6.18 Å². The SMILES string of the molecule is NC(=O)CC(c1cccc(C(F)(F)F)c1)c1nccs1. The molecule has 2 rings (SSSR count). The average molecular weight is 300 g/mol. The first-order chi connectivity index (χ1) is 9.38. The fourth-order valence-electron chi connectivity index (χ4n) is 1.89. The molecule has 106 valence electrons. The van der Waals surface area contributed by atoms with E-state index in [-0.39, 0.29) is 6.42 Å². The highest BCUT2D eigenvalue weighted by Gasteiger charge is 2.31. The van der Waals surface area contributed by atoms with Crippen molar-refractivity contribution >= 4 is 17.2 Å². The average Bonchev–Trinajstić information content (AvgIpc) is 2.88. The lowest BCUT2D eigenvalue weighted by atomic mass is 9.94. The van der Waals surface area contributed by atoms with Gasteiger partial charge in [0.25, 0.3) is 0 Å². The zero-order chi connectivity index (χ0) is 14.8. The van der Waals surface area contributed by atoms with Crippen molar-refractivity contribution in [2.45, 2.75) is 18.5 Å². The molecule has 0 radical (unpaired) electrons. The first kappa shape index (κ1) is 14.5. The number of rotatable bonds is 4. The number of halogens is 3. The standard InChI is InChI=1S/C13H11F3N2OS/c14-13(15,16)9-3-1-2-8(6-9)10(7-11(17)19)12-18-4-5-20-12/h1-6,10H,7H2,(H2,17,19). The van der Waals surface area contributed by atoms with Gasteiger partial charge in [-0.2, -0.15) is 13.2 Å². The second-order valence-electron chi connectivity index (χ2n) is 4.22. The molecule has 3 nitrogen and oxygen atoms in total. The Kier molecular flexibility index (Phi) is 4.08. The molecule has 1 unspecified atom stereocenters. The highest BCUT2D eigenvalue weighted by Crippen LogP contribution is 2.34. The van der Waals surface area contributed by atoms with Gasteiger partial charge in [-0.05, 0) is 11.6 Å². The Bertz CT molecular complexity index is 596. The van der Waals surface area contributed by atoms with E-state index in [0.717, 1.165) is 12.1 Å². The minimum absolute atomic E-state index is 0.0746. The summed E-state index contributed by atoms with van der Waals surface area (Å²) in [6.07, 6.45) is -2.95. The number of aromatic nitrogens is 1. The predicted molar refractivity (Wildman–Crippen MR) is 69.2 cm³/mol.